The third-order valence-corrected chi connectivity index (χ3v) is 4.90. The van der Waals surface area contributed by atoms with Crippen molar-refractivity contribution in [3.63, 3.8) is 0 Å². The van der Waals surface area contributed by atoms with Crippen molar-refractivity contribution < 1.29 is 27.2 Å². The number of hydroxylamine groups is 1. The predicted molar refractivity (Wildman–Crippen MR) is 83.9 cm³/mol. The van der Waals surface area contributed by atoms with Crippen LogP contribution < -0.4 is 0 Å². The minimum atomic E-state index is -3.86. The van der Waals surface area contributed by atoms with E-state index in [0.717, 1.165) is 0 Å². The summed E-state index contributed by atoms with van der Waals surface area (Å²) < 4.78 is 43.2. The van der Waals surface area contributed by atoms with Crippen LogP contribution in [0.15, 0.2) is 53.4 Å². The summed E-state index contributed by atoms with van der Waals surface area (Å²) in [6.07, 6.45) is 0. The first-order valence-corrected chi connectivity index (χ1v) is 8.33. The molecule has 0 atom stereocenters. The van der Waals surface area contributed by atoms with Crippen LogP contribution in [0.25, 0.3) is 0 Å². The molecule has 8 heteroatoms. The molecule has 0 aliphatic carbocycles. The zero-order valence-electron chi connectivity index (χ0n) is 13.1. The zero-order chi connectivity index (χ0) is 17.7. The minimum Gasteiger partial charge on any atom is -0.457 e. The highest BCUT2D eigenvalue weighted by molar-refractivity contribution is 7.89. The summed E-state index contributed by atoms with van der Waals surface area (Å²) in [5.74, 6) is -1.14. The molecule has 2 rings (SSSR count). The highest BCUT2D eigenvalue weighted by Crippen LogP contribution is 2.17. The van der Waals surface area contributed by atoms with Crippen LogP contribution in [-0.4, -0.2) is 33.0 Å². The fourth-order valence-electron chi connectivity index (χ4n) is 1.89. The topological polar surface area (TPSA) is 72.9 Å². The van der Waals surface area contributed by atoms with E-state index in [0.29, 0.717) is 10.0 Å². The number of carbonyl (C=O) groups excluding carboxylic acids is 1. The van der Waals surface area contributed by atoms with Gasteiger partial charge in [0, 0.05) is 7.05 Å². The van der Waals surface area contributed by atoms with Gasteiger partial charge in [0.15, 0.2) is 0 Å². The van der Waals surface area contributed by atoms with E-state index in [-0.39, 0.29) is 17.1 Å². The smallest absolute Gasteiger partial charge is 0.338 e. The van der Waals surface area contributed by atoms with Crippen LogP contribution in [0.3, 0.4) is 0 Å². The molecule has 0 N–H and O–H groups in total. The lowest BCUT2D eigenvalue weighted by Crippen LogP contribution is -2.25. The molecule has 0 fully saturated rings. The Balaban J connectivity index is 2.15. The first kappa shape index (κ1) is 18.1. The number of rotatable bonds is 6. The third-order valence-electron chi connectivity index (χ3n) is 3.22. The van der Waals surface area contributed by atoms with E-state index in [1.54, 1.807) is 6.07 Å². The van der Waals surface area contributed by atoms with E-state index < -0.39 is 21.8 Å². The number of nitrogens with zero attached hydrogens (tertiary/aromatic N) is 1. The quantitative estimate of drug-likeness (QED) is 0.589. The van der Waals surface area contributed by atoms with Crippen molar-refractivity contribution in [3.8, 4) is 0 Å². The lowest BCUT2D eigenvalue weighted by Gasteiger charge is -2.14. The Hall–Kier alpha value is -2.29. The van der Waals surface area contributed by atoms with Gasteiger partial charge in [-0.05, 0) is 35.9 Å². The van der Waals surface area contributed by atoms with Gasteiger partial charge in [-0.15, -0.1) is 0 Å². The standard InChI is InChI=1S/C16H16FNO5S/c1-18(22-2)24(20,21)15-8-4-6-13(10-15)16(19)23-11-12-5-3-7-14(17)9-12/h3-10H,11H2,1-2H3. The molecule has 0 bridgehead atoms. The monoisotopic (exact) mass is 353 g/mol. The Kier molecular flexibility index (Phi) is 5.66. The van der Waals surface area contributed by atoms with Gasteiger partial charge in [-0.1, -0.05) is 22.7 Å². The van der Waals surface area contributed by atoms with Crippen molar-refractivity contribution in [2.45, 2.75) is 11.5 Å². The number of carbonyl (C=O) groups is 1. The molecule has 128 valence electrons. The third kappa shape index (κ3) is 4.16. The SMILES string of the molecule is CON(C)S(=O)(=O)c1cccc(C(=O)OCc2cccc(F)c2)c1. The first-order valence-electron chi connectivity index (χ1n) is 6.89. The Morgan fingerprint density at radius 3 is 2.54 bits per heavy atom. The first-order chi connectivity index (χ1) is 11.3. The minimum absolute atomic E-state index is 0.0666. The molecule has 0 radical (unpaired) electrons. The number of ether oxygens (including phenoxy) is 1. The molecule has 0 amide bonds. The molecule has 6 nitrogen and oxygen atoms in total. The fourth-order valence-corrected chi connectivity index (χ4v) is 2.91. The van der Waals surface area contributed by atoms with Gasteiger partial charge in [-0.25, -0.2) is 17.6 Å². The van der Waals surface area contributed by atoms with Crippen LogP contribution in [0, 0.1) is 5.82 Å². The molecule has 24 heavy (non-hydrogen) atoms. The second-order valence-electron chi connectivity index (χ2n) is 4.83. The number of benzene rings is 2. The Morgan fingerprint density at radius 1 is 1.17 bits per heavy atom. The molecule has 2 aromatic carbocycles. The molecule has 0 aliphatic rings. The van der Waals surface area contributed by atoms with Crippen LogP contribution in [0.4, 0.5) is 4.39 Å². The summed E-state index contributed by atoms with van der Waals surface area (Å²) in [6.45, 7) is -0.119. The molecule has 0 heterocycles. The lowest BCUT2D eigenvalue weighted by molar-refractivity contribution is -0.0258. The van der Waals surface area contributed by atoms with Crippen LogP contribution in [0.5, 0.6) is 0 Å². The second-order valence-corrected chi connectivity index (χ2v) is 6.77. The normalized spacial score (nSPS) is 11.5. The summed E-state index contributed by atoms with van der Waals surface area (Å²) in [5, 5.41) is 0. The van der Waals surface area contributed by atoms with Crippen molar-refractivity contribution in [3.05, 3.63) is 65.5 Å². The van der Waals surface area contributed by atoms with Crippen molar-refractivity contribution in [2.75, 3.05) is 14.2 Å². The molecular formula is C16H16FNO5S. The second kappa shape index (κ2) is 7.52. The van der Waals surface area contributed by atoms with E-state index >= 15 is 0 Å². The van der Waals surface area contributed by atoms with Crippen LogP contribution in [-0.2, 0) is 26.2 Å². The van der Waals surface area contributed by atoms with Crippen molar-refractivity contribution >= 4 is 16.0 Å². The fraction of sp³-hybridized carbons (Fsp3) is 0.188. The Labute approximate surface area is 139 Å². The highest BCUT2D eigenvalue weighted by Gasteiger charge is 2.22. The molecule has 0 unspecified atom stereocenters. The van der Waals surface area contributed by atoms with Gasteiger partial charge in [-0.2, -0.15) is 0 Å². The van der Waals surface area contributed by atoms with Gasteiger partial charge in [0.05, 0.1) is 17.6 Å². The van der Waals surface area contributed by atoms with Gasteiger partial charge in [0.1, 0.15) is 12.4 Å². The number of esters is 1. The average molecular weight is 353 g/mol. The van der Waals surface area contributed by atoms with Crippen LogP contribution >= 0.6 is 0 Å². The largest absolute Gasteiger partial charge is 0.457 e. The number of sulfonamides is 1. The molecule has 0 saturated heterocycles. The van der Waals surface area contributed by atoms with Crippen LogP contribution in [0.1, 0.15) is 15.9 Å². The van der Waals surface area contributed by atoms with Gasteiger partial charge in [0.2, 0.25) is 0 Å². The molecule has 2 aromatic rings. The molecule has 0 spiro atoms. The highest BCUT2D eigenvalue weighted by atomic mass is 32.2. The Morgan fingerprint density at radius 2 is 1.88 bits per heavy atom. The summed E-state index contributed by atoms with van der Waals surface area (Å²) in [4.78, 5) is 16.6. The average Bonchev–Trinajstić information content (AvgIpc) is 2.59. The molecule has 0 saturated carbocycles. The van der Waals surface area contributed by atoms with Crippen molar-refractivity contribution in [2.24, 2.45) is 0 Å². The van der Waals surface area contributed by atoms with Crippen molar-refractivity contribution in [1.82, 2.24) is 4.47 Å². The summed E-state index contributed by atoms with van der Waals surface area (Å²) >= 11 is 0. The number of halogens is 1. The molecular weight excluding hydrogens is 337 g/mol. The van der Waals surface area contributed by atoms with Crippen molar-refractivity contribution in [1.29, 1.82) is 0 Å². The maximum atomic E-state index is 13.1. The van der Waals surface area contributed by atoms with E-state index in [9.17, 15) is 17.6 Å². The Bertz CT molecular complexity index is 838. The predicted octanol–water partition coefficient (Wildman–Crippen LogP) is 2.36. The van der Waals surface area contributed by atoms with Gasteiger partial charge >= 0.3 is 5.97 Å². The van der Waals surface area contributed by atoms with E-state index in [4.69, 9.17) is 4.74 Å². The van der Waals surface area contributed by atoms with E-state index in [1.807, 2.05) is 0 Å². The summed E-state index contributed by atoms with van der Waals surface area (Å²) in [5.41, 5.74) is 0.559. The lowest BCUT2D eigenvalue weighted by atomic mass is 10.2. The van der Waals surface area contributed by atoms with Gasteiger partial charge in [-0.3, -0.25) is 4.84 Å². The summed E-state index contributed by atoms with van der Waals surface area (Å²) in [6, 6.07) is 11.0. The maximum Gasteiger partial charge on any atom is 0.338 e. The van der Waals surface area contributed by atoms with E-state index in [2.05, 4.69) is 4.84 Å². The van der Waals surface area contributed by atoms with E-state index in [1.165, 1.54) is 56.6 Å². The number of hydrogen-bond donors (Lipinski definition) is 0. The summed E-state index contributed by atoms with van der Waals surface area (Å²) in [7, 11) is -1.41. The maximum absolute atomic E-state index is 13.1. The van der Waals surface area contributed by atoms with Gasteiger partial charge in [0.25, 0.3) is 10.0 Å². The van der Waals surface area contributed by atoms with Crippen LogP contribution in [0.2, 0.25) is 0 Å². The molecule has 0 aliphatic heterocycles. The number of hydrogen-bond acceptors (Lipinski definition) is 5. The zero-order valence-corrected chi connectivity index (χ0v) is 13.9. The van der Waals surface area contributed by atoms with Gasteiger partial charge < -0.3 is 4.74 Å². The molecule has 0 aromatic heterocycles.